The van der Waals surface area contributed by atoms with Crippen molar-refractivity contribution in [1.29, 1.82) is 0 Å². The minimum absolute atomic E-state index is 0.0169. The average Bonchev–Trinajstić information content (AvgIpc) is 2.48. The van der Waals surface area contributed by atoms with Crippen LogP contribution < -0.4 is 5.73 Å². The zero-order chi connectivity index (χ0) is 15.2. The summed E-state index contributed by atoms with van der Waals surface area (Å²) < 4.78 is 19.2. The van der Waals surface area contributed by atoms with Gasteiger partial charge in [-0.25, -0.2) is 9.18 Å². The summed E-state index contributed by atoms with van der Waals surface area (Å²) >= 11 is 0. The van der Waals surface area contributed by atoms with Gasteiger partial charge in [0.15, 0.2) is 0 Å². The molecule has 116 valence electrons. The summed E-state index contributed by atoms with van der Waals surface area (Å²) in [6, 6.07) is 6.28. The number of hydrogen-bond donors (Lipinski definition) is 2. The Balaban J connectivity index is 2.17. The fraction of sp³-hybridized carbons (Fsp3) is 0.533. The fourth-order valence-electron chi connectivity index (χ4n) is 2.81. The monoisotopic (exact) mass is 296 g/mol. The van der Waals surface area contributed by atoms with Crippen LogP contribution in [0.4, 0.5) is 9.18 Å². The van der Waals surface area contributed by atoms with E-state index in [9.17, 15) is 9.18 Å². The first-order valence-electron chi connectivity index (χ1n) is 7.17. The lowest BCUT2D eigenvalue weighted by Gasteiger charge is -2.35. The van der Waals surface area contributed by atoms with Crippen LogP contribution >= 0.6 is 0 Å². The second-order valence-electron chi connectivity index (χ2n) is 5.27. The predicted molar refractivity (Wildman–Crippen MR) is 76.5 cm³/mol. The summed E-state index contributed by atoms with van der Waals surface area (Å²) in [5.74, 6) is -0.303. The molecule has 0 aromatic heterocycles. The molecule has 1 saturated heterocycles. The molecule has 0 radical (unpaired) electrons. The van der Waals surface area contributed by atoms with E-state index in [0.29, 0.717) is 26.2 Å². The number of carboxylic acid groups (broad SMARTS) is 1. The molecular weight excluding hydrogens is 275 g/mol. The molecule has 21 heavy (non-hydrogen) atoms. The summed E-state index contributed by atoms with van der Waals surface area (Å²) in [6.07, 6.45) is 0.396. The smallest absolute Gasteiger partial charge is 0.407 e. The molecule has 1 fully saturated rings. The van der Waals surface area contributed by atoms with Crippen molar-refractivity contribution in [3.05, 3.63) is 35.6 Å². The van der Waals surface area contributed by atoms with Crippen molar-refractivity contribution in [1.82, 2.24) is 4.90 Å². The molecule has 0 saturated carbocycles. The van der Waals surface area contributed by atoms with E-state index in [2.05, 4.69) is 0 Å². The zero-order valence-corrected chi connectivity index (χ0v) is 11.9. The largest absolute Gasteiger partial charge is 0.465 e. The lowest BCUT2D eigenvalue weighted by Crippen LogP contribution is -2.41. The third kappa shape index (κ3) is 4.15. The number of likely N-dealkylation sites (tertiary alicyclic amines) is 1. The number of halogens is 1. The second-order valence-corrected chi connectivity index (χ2v) is 5.27. The molecule has 0 aliphatic carbocycles. The van der Waals surface area contributed by atoms with E-state index in [0.717, 1.165) is 18.4 Å². The topological polar surface area (TPSA) is 75.8 Å². The molecular formula is C15H21FN2O3. The SMILES string of the molecule is NCCOC(c1cccc(F)c1)C1CCCN(C(=O)O)C1. The summed E-state index contributed by atoms with van der Waals surface area (Å²) in [5.41, 5.74) is 6.22. The summed E-state index contributed by atoms with van der Waals surface area (Å²) in [4.78, 5) is 12.5. The number of nitrogens with two attached hydrogens (primary N) is 1. The minimum atomic E-state index is -0.920. The molecule has 3 N–H and O–H groups in total. The Morgan fingerprint density at radius 1 is 1.57 bits per heavy atom. The van der Waals surface area contributed by atoms with Crippen molar-refractivity contribution >= 4 is 6.09 Å². The predicted octanol–water partition coefficient (Wildman–Crippen LogP) is 2.23. The van der Waals surface area contributed by atoms with Crippen LogP contribution in [-0.4, -0.2) is 42.3 Å². The number of piperidine rings is 1. The summed E-state index contributed by atoms with van der Waals surface area (Å²) in [7, 11) is 0. The molecule has 6 heteroatoms. The number of hydrogen-bond acceptors (Lipinski definition) is 3. The van der Waals surface area contributed by atoms with Gasteiger partial charge in [0.2, 0.25) is 0 Å². The van der Waals surface area contributed by atoms with Gasteiger partial charge in [-0.15, -0.1) is 0 Å². The Morgan fingerprint density at radius 2 is 2.38 bits per heavy atom. The van der Waals surface area contributed by atoms with E-state index in [4.69, 9.17) is 15.6 Å². The third-order valence-electron chi connectivity index (χ3n) is 3.75. The Kier molecular flexibility index (Phi) is 5.52. The molecule has 2 unspecified atom stereocenters. The molecule has 2 atom stereocenters. The molecule has 1 aliphatic heterocycles. The zero-order valence-electron chi connectivity index (χ0n) is 11.9. The van der Waals surface area contributed by atoms with Gasteiger partial charge >= 0.3 is 6.09 Å². The quantitative estimate of drug-likeness (QED) is 0.873. The van der Waals surface area contributed by atoms with Crippen LogP contribution in [0.2, 0.25) is 0 Å². The molecule has 1 aromatic rings. The van der Waals surface area contributed by atoms with Crippen LogP contribution in [0, 0.1) is 11.7 Å². The Morgan fingerprint density at radius 3 is 3.05 bits per heavy atom. The first-order chi connectivity index (χ1) is 10.1. The van der Waals surface area contributed by atoms with Gasteiger partial charge in [-0.3, -0.25) is 0 Å². The highest BCUT2D eigenvalue weighted by Crippen LogP contribution is 2.33. The van der Waals surface area contributed by atoms with Gasteiger partial charge in [0.25, 0.3) is 0 Å². The standard InChI is InChI=1S/C15H21FN2O3/c16-13-5-1-3-11(9-13)14(21-8-6-17)12-4-2-7-18(10-12)15(19)20/h1,3,5,9,12,14H,2,4,6-8,10,17H2,(H,19,20). The van der Waals surface area contributed by atoms with Gasteiger partial charge in [-0.05, 0) is 30.5 Å². The maximum Gasteiger partial charge on any atom is 0.407 e. The molecule has 0 bridgehead atoms. The lowest BCUT2D eigenvalue weighted by atomic mass is 9.88. The van der Waals surface area contributed by atoms with Crippen LogP contribution in [0.1, 0.15) is 24.5 Å². The van der Waals surface area contributed by atoms with E-state index < -0.39 is 6.09 Å². The summed E-state index contributed by atoms with van der Waals surface area (Å²) in [5, 5.41) is 9.13. The van der Waals surface area contributed by atoms with Gasteiger partial charge in [-0.2, -0.15) is 0 Å². The van der Waals surface area contributed by atoms with Gasteiger partial charge in [-0.1, -0.05) is 12.1 Å². The summed E-state index contributed by atoms with van der Waals surface area (Å²) in [6.45, 7) is 1.69. The van der Waals surface area contributed by atoms with Crippen LogP contribution in [0.3, 0.4) is 0 Å². The maximum atomic E-state index is 13.4. The molecule has 1 aliphatic rings. The van der Waals surface area contributed by atoms with Crippen molar-refractivity contribution in [2.45, 2.75) is 18.9 Å². The van der Waals surface area contributed by atoms with Crippen molar-refractivity contribution in [3.8, 4) is 0 Å². The Hall–Kier alpha value is -1.66. The number of ether oxygens (including phenoxy) is 1. The fourth-order valence-corrected chi connectivity index (χ4v) is 2.81. The molecule has 1 amide bonds. The van der Waals surface area contributed by atoms with Crippen LogP contribution in [0.25, 0.3) is 0 Å². The molecule has 1 heterocycles. The van der Waals surface area contributed by atoms with Crippen molar-refractivity contribution < 1.29 is 19.0 Å². The van der Waals surface area contributed by atoms with Crippen molar-refractivity contribution in [2.75, 3.05) is 26.2 Å². The second kappa shape index (κ2) is 7.38. The molecule has 2 rings (SSSR count). The molecule has 1 aromatic carbocycles. The highest BCUT2D eigenvalue weighted by atomic mass is 19.1. The van der Waals surface area contributed by atoms with E-state index in [1.54, 1.807) is 6.07 Å². The normalized spacial score (nSPS) is 20.3. The highest BCUT2D eigenvalue weighted by Gasteiger charge is 2.31. The first kappa shape index (κ1) is 15.7. The molecule has 0 spiro atoms. The Labute approximate surface area is 123 Å². The number of benzene rings is 1. The third-order valence-corrected chi connectivity index (χ3v) is 3.75. The maximum absolute atomic E-state index is 13.4. The number of nitrogens with zero attached hydrogens (tertiary/aromatic N) is 1. The number of amides is 1. The van der Waals surface area contributed by atoms with E-state index in [1.165, 1.54) is 17.0 Å². The van der Waals surface area contributed by atoms with Gasteiger partial charge in [0.05, 0.1) is 12.7 Å². The van der Waals surface area contributed by atoms with Crippen LogP contribution in [-0.2, 0) is 4.74 Å². The highest BCUT2D eigenvalue weighted by molar-refractivity contribution is 5.65. The lowest BCUT2D eigenvalue weighted by molar-refractivity contribution is -0.00991. The van der Waals surface area contributed by atoms with Gasteiger partial charge in [0, 0.05) is 25.6 Å². The average molecular weight is 296 g/mol. The van der Waals surface area contributed by atoms with Crippen molar-refractivity contribution in [3.63, 3.8) is 0 Å². The number of rotatable bonds is 5. The molecule has 5 nitrogen and oxygen atoms in total. The number of carbonyl (C=O) groups is 1. The van der Waals surface area contributed by atoms with E-state index in [1.807, 2.05) is 6.07 Å². The van der Waals surface area contributed by atoms with Gasteiger partial charge < -0.3 is 20.5 Å². The Bertz CT molecular complexity index is 484. The van der Waals surface area contributed by atoms with E-state index >= 15 is 0 Å². The minimum Gasteiger partial charge on any atom is -0.465 e. The van der Waals surface area contributed by atoms with Crippen LogP contribution in [0.15, 0.2) is 24.3 Å². The van der Waals surface area contributed by atoms with Gasteiger partial charge in [0.1, 0.15) is 5.82 Å². The van der Waals surface area contributed by atoms with Crippen molar-refractivity contribution in [2.24, 2.45) is 11.7 Å². The van der Waals surface area contributed by atoms with E-state index in [-0.39, 0.29) is 17.8 Å². The first-order valence-corrected chi connectivity index (χ1v) is 7.17. The van der Waals surface area contributed by atoms with Crippen LogP contribution in [0.5, 0.6) is 0 Å².